The van der Waals surface area contributed by atoms with Gasteiger partial charge in [0, 0.05) is 11.9 Å². The smallest absolute Gasteiger partial charge is 0.271 e. The molecule has 8 nitrogen and oxygen atoms in total. The summed E-state index contributed by atoms with van der Waals surface area (Å²) in [7, 11) is 0. The van der Waals surface area contributed by atoms with Crippen LogP contribution >= 0.6 is 22.7 Å². The second-order valence-corrected chi connectivity index (χ2v) is 9.40. The molecule has 0 saturated carbocycles. The summed E-state index contributed by atoms with van der Waals surface area (Å²) in [5.41, 5.74) is 2.11. The molecule has 0 radical (unpaired) electrons. The number of carbonyl (C=O) groups is 1. The monoisotopic (exact) mass is 476 g/mol. The van der Waals surface area contributed by atoms with Gasteiger partial charge < -0.3 is 14.8 Å². The van der Waals surface area contributed by atoms with Crippen LogP contribution in [0.25, 0.3) is 31.0 Å². The van der Waals surface area contributed by atoms with E-state index in [0.717, 1.165) is 26.4 Å². The summed E-state index contributed by atoms with van der Waals surface area (Å²) in [5.74, 6) is 1.07. The van der Waals surface area contributed by atoms with Gasteiger partial charge in [-0.05, 0) is 41.3 Å². The predicted octanol–water partition coefficient (Wildman–Crippen LogP) is 3.78. The molecule has 5 aromatic rings. The van der Waals surface area contributed by atoms with Crippen LogP contribution in [0, 0.1) is 0 Å². The Kier molecular flexibility index (Phi) is 4.81. The second-order valence-electron chi connectivity index (χ2n) is 7.45. The maximum Gasteiger partial charge on any atom is 0.271 e. The van der Waals surface area contributed by atoms with E-state index < -0.39 is 0 Å². The van der Waals surface area contributed by atoms with Gasteiger partial charge >= 0.3 is 0 Å². The molecule has 6 rings (SSSR count). The summed E-state index contributed by atoms with van der Waals surface area (Å²) in [6.07, 6.45) is 1.42. The van der Waals surface area contributed by atoms with Gasteiger partial charge in [-0.2, -0.15) is 0 Å². The number of nitrogens with zero attached hydrogens (tertiary/aromatic N) is 3. The number of thiophene rings is 2. The maximum atomic E-state index is 13.0. The first-order valence-electron chi connectivity index (χ1n) is 10.1. The minimum atomic E-state index is -0.282. The van der Waals surface area contributed by atoms with Gasteiger partial charge in [-0.3, -0.25) is 14.2 Å². The fourth-order valence-corrected chi connectivity index (χ4v) is 5.46. The summed E-state index contributed by atoms with van der Waals surface area (Å²) in [4.78, 5) is 36.5. The Morgan fingerprint density at radius 1 is 1.15 bits per heavy atom. The molecule has 33 heavy (non-hydrogen) atoms. The van der Waals surface area contributed by atoms with E-state index in [1.54, 1.807) is 11.3 Å². The third-order valence-electron chi connectivity index (χ3n) is 5.32. The standard InChI is InChI=1S/C23H16N4O4S2/c28-19(24-9-13-3-6-16-17(8-13)31-12-30-16)10-27-11-25-20-14-4-5-15(18-2-1-7-32-18)26-22(14)33-21(20)23(27)29/h1-8,11H,9-10,12H2,(H,24,28). The van der Waals surface area contributed by atoms with E-state index in [-0.39, 0.29) is 24.8 Å². The van der Waals surface area contributed by atoms with Gasteiger partial charge in [-0.25, -0.2) is 9.97 Å². The molecule has 1 N–H and O–H groups in total. The van der Waals surface area contributed by atoms with Crippen LogP contribution < -0.4 is 20.3 Å². The number of benzene rings is 1. The van der Waals surface area contributed by atoms with E-state index in [2.05, 4.69) is 10.3 Å². The fourth-order valence-electron chi connectivity index (χ4n) is 3.69. The molecule has 10 heteroatoms. The van der Waals surface area contributed by atoms with Crippen molar-refractivity contribution in [2.24, 2.45) is 0 Å². The molecule has 1 aliphatic heterocycles. The van der Waals surface area contributed by atoms with Crippen LogP contribution in [0.15, 0.2) is 59.0 Å². The first-order chi connectivity index (χ1) is 16.2. The number of hydrogen-bond acceptors (Lipinski definition) is 8. The lowest BCUT2D eigenvalue weighted by atomic mass is 10.2. The van der Waals surface area contributed by atoms with E-state index in [0.29, 0.717) is 28.3 Å². The number of hydrogen-bond donors (Lipinski definition) is 1. The molecule has 0 bridgehead atoms. The lowest BCUT2D eigenvalue weighted by molar-refractivity contribution is -0.121. The summed E-state index contributed by atoms with van der Waals surface area (Å²) < 4.78 is 12.5. The van der Waals surface area contributed by atoms with Gasteiger partial charge in [0.05, 0.1) is 22.4 Å². The molecular formula is C23H16N4O4S2. The highest BCUT2D eigenvalue weighted by atomic mass is 32.1. The molecule has 0 unspecified atom stereocenters. The third kappa shape index (κ3) is 3.62. The van der Waals surface area contributed by atoms with Crippen LogP contribution in [0.5, 0.6) is 11.5 Å². The van der Waals surface area contributed by atoms with Crippen molar-refractivity contribution in [1.29, 1.82) is 0 Å². The number of aromatic nitrogens is 3. The number of amides is 1. The molecule has 0 atom stereocenters. The highest BCUT2D eigenvalue weighted by molar-refractivity contribution is 7.25. The molecule has 0 spiro atoms. The van der Waals surface area contributed by atoms with Crippen LogP contribution in [0.2, 0.25) is 0 Å². The zero-order chi connectivity index (χ0) is 22.4. The van der Waals surface area contributed by atoms with Crippen molar-refractivity contribution >= 4 is 49.0 Å². The first-order valence-corrected chi connectivity index (χ1v) is 11.8. The summed E-state index contributed by atoms with van der Waals surface area (Å²) >= 11 is 2.92. The zero-order valence-electron chi connectivity index (χ0n) is 17.1. The highest BCUT2D eigenvalue weighted by Gasteiger charge is 2.16. The molecule has 5 heterocycles. The quantitative estimate of drug-likeness (QED) is 0.415. The average molecular weight is 477 g/mol. The normalized spacial score (nSPS) is 12.5. The van der Waals surface area contributed by atoms with Crippen LogP contribution in [0.4, 0.5) is 0 Å². The predicted molar refractivity (Wildman–Crippen MR) is 127 cm³/mol. The molecule has 164 valence electrons. The van der Waals surface area contributed by atoms with E-state index in [4.69, 9.17) is 14.5 Å². The Hall–Kier alpha value is -3.76. The van der Waals surface area contributed by atoms with Gasteiger partial charge in [0.15, 0.2) is 11.5 Å². The Labute approximate surface area is 195 Å². The molecule has 0 saturated heterocycles. The van der Waals surface area contributed by atoms with Gasteiger partial charge in [-0.1, -0.05) is 12.1 Å². The number of fused-ring (bicyclic) bond motifs is 4. The van der Waals surface area contributed by atoms with Crippen LogP contribution in [0.3, 0.4) is 0 Å². The van der Waals surface area contributed by atoms with E-state index in [9.17, 15) is 9.59 Å². The summed E-state index contributed by atoms with van der Waals surface area (Å²) in [5, 5.41) is 5.68. The fraction of sp³-hybridized carbons (Fsp3) is 0.130. The zero-order valence-corrected chi connectivity index (χ0v) is 18.7. The van der Waals surface area contributed by atoms with Crippen LogP contribution in [0.1, 0.15) is 5.56 Å². The van der Waals surface area contributed by atoms with E-state index in [1.165, 1.54) is 22.2 Å². The minimum Gasteiger partial charge on any atom is -0.454 e. The lowest BCUT2D eigenvalue weighted by Gasteiger charge is -2.08. The van der Waals surface area contributed by atoms with Crippen LogP contribution in [-0.2, 0) is 17.9 Å². The second kappa shape index (κ2) is 7.98. The summed E-state index contributed by atoms with van der Waals surface area (Å²) in [6, 6.07) is 13.4. The van der Waals surface area contributed by atoms with Crippen molar-refractivity contribution in [3.63, 3.8) is 0 Å². The Morgan fingerprint density at radius 3 is 2.94 bits per heavy atom. The number of carbonyl (C=O) groups excluding carboxylic acids is 1. The minimum absolute atomic E-state index is 0.117. The van der Waals surface area contributed by atoms with E-state index >= 15 is 0 Å². The number of nitrogens with one attached hydrogen (secondary N) is 1. The van der Waals surface area contributed by atoms with Crippen molar-refractivity contribution in [3.8, 4) is 22.1 Å². The molecule has 1 aliphatic rings. The van der Waals surface area contributed by atoms with Gasteiger partial charge in [0.25, 0.3) is 5.56 Å². The Balaban J connectivity index is 1.23. The van der Waals surface area contributed by atoms with Crippen molar-refractivity contribution in [1.82, 2.24) is 19.9 Å². The SMILES string of the molecule is O=C(Cn1cnc2c(sc3nc(-c4cccs4)ccc32)c1=O)NCc1ccc2c(c1)OCO2. The van der Waals surface area contributed by atoms with Gasteiger partial charge in [0.1, 0.15) is 16.1 Å². The van der Waals surface area contributed by atoms with Crippen molar-refractivity contribution in [2.45, 2.75) is 13.1 Å². The lowest BCUT2D eigenvalue weighted by Crippen LogP contribution is -2.31. The molecule has 1 aromatic carbocycles. The highest BCUT2D eigenvalue weighted by Crippen LogP contribution is 2.33. The maximum absolute atomic E-state index is 13.0. The molecule has 1 amide bonds. The first kappa shape index (κ1) is 19.9. The van der Waals surface area contributed by atoms with Crippen LogP contribution in [-0.4, -0.2) is 27.2 Å². The van der Waals surface area contributed by atoms with Crippen molar-refractivity contribution < 1.29 is 14.3 Å². The number of rotatable bonds is 5. The van der Waals surface area contributed by atoms with Crippen molar-refractivity contribution in [2.75, 3.05) is 6.79 Å². The topological polar surface area (TPSA) is 95.3 Å². The van der Waals surface area contributed by atoms with Crippen molar-refractivity contribution in [3.05, 3.63) is 70.1 Å². The Morgan fingerprint density at radius 2 is 2.06 bits per heavy atom. The largest absolute Gasteiger partial charge is 0.454 e. The average Bonchev–Trinajstić information content (AvgIpc) is 3.58. The molecule has 0 fully saturated rings. The van der Waals surface area contributed by atoms with Gasteiger partial charge in [0.2, 0.25) is 12.7 Å². The molecule has 4 aromatic heterocycles. The number of ether oxygens (including phenoxy) is 2. The molecular weight excluding hydrogens is 460 g/mol. The number of pyridine rings is 1. The third-order valence-corrected chi connectivity index (χ3v) is 7.29. The molecule has 0 aliphatic carbocycles. The van der Waals surface area contributed by atoms with E-state index in [1.807, 2.05) is 47.8 Å². The Bertz CT molecular complexity index is 1570. The summed E-state index contributed by atoms with van der Waals surface area (Å²) in [6.45, 7) is 0.402. The van der Waals surface area contributed by atoms with Gasteiger partial charge in [-0.15, -0.1) is 22.7 Å².